The summed E-state index contributed by atoms with van der Waals surface area (Å²) in [6.45, 7) is 0. The Balaban J connectivity index is 2.24. The number of alkyl halides is 3. The zero-order valence-electron chi connectivity index (χ0n) is 10.8. The molecular formula is C12H11F3N4O2. The molecule has 6 nitrogen and oxygen atoms in total. The van der Waals surface area contributed by atoms with E-state index in [1.54, 1.807) is 7.05 Å². The zero-order chi connectivity index (χ0) is 15.6. The Hall–Kier alpha value is -2.71. The summed E-state index contributed by atoms with van der Waals surface area (Å²) in [4.78, 5) is 12.0. The number of nitrogens with zero attached hydrogens (tertiary/aromatic N) is 2. The monoisotopic (exact) mass is 300 g/mol. The lowest BCUT2D eigenvalue weighted by atomic mass is 10.2. The van der Waals surface area contributed by atoms with Gasteiger partial charge in [-0.2, -0.15) is 5.10 Å². The van der Waals surface area contributed by atoms with Gasteiger partial charge in [0.15, 0.2) is 11.4 Å². The highest BCUT2D eigenvalue weighted by molar-refractivity contribution is 6.06. The van der Waals surface area contributed by atoms with E-state index >= 15 is 0 Å². The molecule has 0 aliphatic rings. The molecule has 0 bridgehead atoms. The molecule has 1 amide bonds. The highest BCUT2D eigenvalue weighted by Gasteiger charge is 2.32. The van der Waals surface area contributed by atoms with E-state index in [9.17, 15) is 18.0 Å². The summed E-state index contributed by atoms with van der Waals surface area (Å²) < 4.78 is 42.0. The highest BCUT2D eigenvalue weighted by Crippen LogP contribution is 2.30. The molecule has 0 saturated carbocycles. The van der Waals surface area contributed by atoms with Crippen molar-refractivity contribution in [2.75, 3.05) is 11.1 Å². The molecule has 0 spiro atoms. The van der Waals surface area contributed by atoms with Gasteiger partial charge in [-0.3, -0.25) is 9.48 Å². The van der Waals surface area contributed by atoms with Crippen LogP contribution in [0.1, 0.15) is 10.5 Å². The molecule has 1 aromatic heterocycles. The van der Waals surface area contributed by atoms with Crippen molar-refractivity contribution in [3.8, 4) is 5.75 Å². The highest BCUT2D eigenvalue weighted by atomic mass is 19.4. The minimum absolute atomic E-state index is 0.0840. The molecule has 9 heteroatoms. The quantitative estimate of drug-likeness (QED) is 0.910. The van der Waals surface area contributed by atoms with E-state index in [4.69, 9.17) is 5.73 Å². The number of ether oxygens (including phenoxy) is 1. The lowest BCUT2D eigenvalue weighted by Gasteiger charge is -2.13. The van der Waals surface area contributed by atoms with Gasteiger partial charge in [-0.1, -0.05) is 12.1 Å². The van der Waals surface area contributed by atoms with E-state index in [0.29, 0.717) is 0 Å². The number of benzene rings is 1. The number of carbonyl (C=O) groups is 1. The van der Waals surface area contributed by atoms with E-state index in [-0.39, 0.29) is 17.1 Å². The molecule has 0 fully saturated rings. The van der Waals surface area contributed by atoms with Crippen molar-refractivity contribution in [2.45, 2.75) is 6.36 Å². The molecule has 0 unspecified atom stereocenters. The fourth-order valence-electron chi connectivity index (χ4n) is 1.65. The summed E-state index contributed by atoms with van der Waals surface area (Å²) in [5.41, 5.74) is 5.48. The third-order valence-electron chi connectivity index (χ3n) is 2.43. The molecule has 0 aliphatic carbocycles. The number of amides is 1. The molecule has 1 heterocycles. The standard InChI is InChI=1S/C12H11F3N4O2/c1-19-6-7(16)10(18-19)11(20)17-8-4-2-3-5-9(8)21-12(13,14)15/h2-6H,16H2,1H3,(H,17,20). The summed E-state index contributed by atoms with van der Waals surface area (Å²) >= 11 is 0. The van der Waals surface area contributed by atoms with Crippen molar-refractivity contribution < 1.29 is 22.7 Å². The number of aryl methyl sites for hydroxylation is 1. The molecule has 112 valence electrons. The molecule has 3 N–H and O–H groups in total. The summed E-state index contributed by atoms with van der Waals surface area (Å²) in [5, 5.41) is 6.11. The summed E-state index contributed by atoms with van der Waals surface area (Å²) in [5.74, 6) is -1.25. The number of rotatable bonds is 3. The van der Waals surface area contributed by atoms with Crippen LogP contribution in [-0.2, 0) is 7.05 Å². The smallest absolute Gasteiger partial charge is 0.404 e. The van der Waals surface area contributed by atoms with E-state index in [1.807, 2.05) is 0 Å². The second-order valence-corrected chi connectivity index (χ2v) is 4.10. The lowest BCUT2D eigenvalue weighted by Crippen LogP contribution is -2.20. The fraction of sp³-hybridized carbons (Fsp3) is 0.167. The van der Waals surface area contributed by atoms with E-state index in [1.165, 1.54) is 29.1 Å². The van der Waals surface area contributed by atoms with Crippen molar-refractivity contribution >= 4 is 17.3 Å². The van der Waals surface area contributed by atoms with Crippen LogP contribution in [0.25, 0.3) is 0 Å². The molecule has 2 aromatic rings. The Bertz CT molecular complexity index is 667. The van der Waals surface area contributed by atoms with Crippen molar-refractivity contribution in [2.24, 2.45) is 7.05 Å². The van der Waals surface area contributed by atoms with Crippen LogP contribution in [0.3, 0.4) is 0 Å². The van der Waals surface area contributed by atoms with Gasteiger partial charge in [0.1, 0.15) is 0 Å². The van der Waals surface area contributed by atoms with E-state index < -0.39 is 18.0 Å². The predicted octanol–water partition coefficient (Wildman–Crippen LogP) is 2.15. The van der Waals surface area contributed by atoms with Gasteiger partial charge >= 0.3 is 6.36 Å². The van der Waals surface area contributed by atoms with Crippen LogP contribution < -0.4 is 15.8 Å². The Labute approximate surface area is 117 Å². The number of carbonyl (C=O) groups excluding carboxylic acids is 1. The third kappa shape index (κ3) is 3.65. The number of hydrogen-bond acceptors (Lipinski definition) is 4. The first-order valence-electron chi connectivity index (χ1n) is 5.71. The first kappa shape index (κ1) is 14.7. The van der Waals surface area contributed by atoms with Gasteiger partial charge in [0.05, 0.1) is 11.4 Å². The summed E-state index contributed by atoms with van der Waals surface area (Å²) in [6, 6.07) is 5.18. The molecular weight excluding hydrogens is 289 g/mol. The number of nitrogens with one attached hydrogen (secondary N) is 1. The van der Waals surface area contributed by atoms with Gasteiger partial charge in [0, 0.05) is 13.2 Å². The van der Waals surface area contributed by atoms with Crippen molar-refractivity contribution in [1.29, 1.82) is 0 Å². The topological polar surface area (TPSA) is 82.2 Å². The van der Waals surface area contributed by atoms with E-state index in [2.05, 4.69) is 15.2 Å². The van der Waals surface area contributed by atoms with Crippen LogP contribution in [-0.4, -0.2) is 22.1 Å². The predicted molar refractivity (Wildman–Crippen MR) is 68.7 cm³/mol. The Morgan fingerprint density at radius 3 is 2.62 bits per heavy atom. The number of nitrogens with two attached hydrogens (primary N) is 1. The van der Waals surface area contributed by atoms with Crippen LogP contribution >= 0.6 is 0 Å². The number of aromatic nitrogens is 2. The first-order valence-corrected chi connectivity index (χ1v) is 5.71. The van der Waals surface area contributed by atoms with Crippen LogP contribution in [0.4, 0.5) is 24.5 Å². The number of hydrogen-bond donors (Lipinski definition) is 2. The second-order valence-electron chi connectivity index (χ2n) is 4.10. The minimum atomic E-state index is -4.86. The third-order valence-corrected chi connectivity index (χ3v) is 2.43. The second kappa shape index (κ2) is 5.35. The molecule has 2 rings (SSSR count). The maximum atomic E-state index is 12.3. The number of para-hydroxylation sites is 2. The average molecular weight is 300 g/mol. The molecule has 0 aliphatic heterocycles. The van der Waals surface area contributed by atoms with Crippen molar-refractivity contribution in [1.82, 2.24) is 9.78 Å². The van der Waals surface area contributed by atoms with Crippen molar-refractivity contribution in [3.63, 3.8) is 0 Å². The maximum absolute atomic E-state index is 12.3. The molecule has 0 atom stereocenters. The number of anilines is 2. The van der Waals surface area contributed by atoms with Gasteiger partial charge in [0.2, 0.25) is 0 Å². The van der Waals surface area contributed by atoms with Gasteiger partial charge in [-0.05, 0) is 12.1 Å². The van der Waals surface area contributed by atoms with Gasteiger partial charge in [-0.25, -0.2) is 0 Å². The molecule has 0 saturated heterocycles. The Kier molecular flexibility index (Phi) is 3.74. The Morgan fingerprint density at radius 2 is 2.05 bits per heavy atom. The fourth-order valence-corrected chi connectivity index (χ4v) is 1.65. The first-order chi connectivity index (χ1) is 9.76. The molecule has 21 heavy (non-hydrogen) atoms. The molecule has 0 radical (unpaired) electrons. The van der Waals surface area contributed by atoms with Crippen LogP contribution in [0.15, 0.2) is 30.5 Å². The van der Waals surface area contributed by atoms with Crippen molar-refractivity contribution in [3.05, 3.63) is 36.2 Å². The normalized spacial score (nSPS) is 11.2. The summed E-state index contributed by atoms with van der Waals surface area (Å²) in [6.07, 6.45) is -3.45. The lowest BCUT2D eigenvalue weighted by molar-refractivity contribution is -0.274. The zero-order valence-corrected chi connectivity index (χ0v) is 10.8. The van der Waals surface area contributed by atoms with Gasteiger partial charge < -0.3 is 15.8 Å². The van der Waals surface area contributed by atoms with Crippen LogP contribution in [0.5, 0.6) is 5.75 Å². The maximum Gasteiger partial charge on any atom is 0.573 e. The average Bonchev–Trinajstić information content (AvgIpc) is 2.69. The summed E-state index contributed by atoms with van der Waals surface area (Å²) in [7, 11) is 1.56. The SMILES string of the molecule is Cn1cc(N)c(C(=O)Nc2ccccc2OC(F)(F)F)n1. The van der Waals surface area contributed by atoms with Crippen LogP contribution in [0.2, 0.25) is 0 Å². The number of halogens is 3. The van der Waals surface area contributed by atoms with Gasteiger partial charge in [-0.15, -0.1) is 13.2 Å². The Morgan fingerprint density at radius 1 is 1.38 bits per heavy atom. The largest absolute Gasteiger partial charge is 0.573 e. The van der Waals surface area contributed by atoms with Crippen LogP contribution in [0, 0.1) is 0 Å². The molecule has 1 aromatic carbocycles. The van der Waals surface area contributed by atoms with Gasteiger partial charge in [0.25, 0.3) is 5.91 Å². The van der Waals surface area contributed by atoms with E-state index in [0.717, 1.165) is 6.07 Å². The number of nitrogen functional groups attached to an aromatic ring is 1. The minimum Gasteiger partial charge on any atom is -0.404 e.